The predicted molar refractivity (Wildman–Crippen MR) is 84.9 cm³/mol. The molecule has 0 aromatic heterocycles. The van der Waals surface area contributed by atoms with Gasteiger partial charge in [-0.1, -0.05) is 12.1 Å². The van der Waals surface area contributed by atoms with E-state index in [9.17, 15) is 29.4 Å². The molecule has 0 fully saturated rings. The van der Waals surface area contributed by atoms with Crippen molar-refractivity contribution in [2.45, 2.75) is 0 Å². The van der Waals surface area contributed by atoms with Crippen LogP contribution in [0.1, 0.15) is 41.4 Å². The zero-order chi connectivity index (χ0) is 19.4. The number of carbonyl (C=O) groups is 4. The SMILES string of the molecule is O=C(O)c1cccc(/N=N/c2cccc(C(=O)O)c2C(=O)O)c1C(=O)O. The third kappa shape index (κ3) is 3.53. The van der Waals surface area contributed by atoms with E-state index in [1.165, 1.54) is 24.3 Å². The summed E-state index contributed by atoms with van der Waals surface area (Å²) in [6.07, 6.45) is 0. The van der Waals surface area contributed by atoms with Gasteiger partial charge in [0.15, 0.2) is 0 Å². The van der Waals surface area contributed by atoms with E-state index in [1.54, 1.807) is 0 Å². The molecule has 0 heterocycles. The number of rotatable bonds is 6. The second-order valence-electron chi connectivity index (χ2n) is 4.82. The highest BCUT2D eigenvalue weighted by molar-refractivity contribution is 6.06. The lowest BCUT2D eigenvalue weighted by atomic mass is 10.1. The summed E-state index contributed by atoms with van der Waals surface area (Å²) >= 11 is 0. The number of azo groups is 1. The van der Waals surface area contributed by atoms with Gasteiger partial charge in [-0.15, -0.1) is 10.2 Å². The van der Waals surface area contributed by atoms with Crippen LogP contribution < -0.4 is 0 Å². The minimum Gasteiger partial charge on any atom is -0.478 e. The summed E-state index contributed by atoms with van der Waals surface area (Å²) in [5.74, 6) is -6.10. The van der Waals surface area contributed by atoms with Crippen molar-refractivity contribution < 1.29 is 39.6 Å². The van der Waals surface area contributed by atoms with Crippen LogP contribution in [0.15, 0.2) is 46.6 Å². The molecule has 0 aliphatic heterocycles. The van der Waals surface area contributed by atoms with E-state index in [2.05, 4.69) is 10.2 Å². The Labute approximate surface area is 144 Å². The lowest BCUT2D eigenvalue weighted by Crippen LogP contribution is -2.08. The Morgan fingerprint density at radius 2 is 0.923 bits per heavy atom. The lowest BCUT2D eigenvalue weighted by molar-refractivity contribution is 0.0652. The first-order valence-electron chi connectivity index (χ1n) is 6.85. The Hall–Kier alpha value is -4.08. The first kappa shape index (κ1) is 18.3. The monoisotopic (exact) mass is 358 g/mol. The average Bonchev–Trinajstić information content (AvgIpc) is 2.58. The van der Waals surface area contributed by atoms with Gasteiger partial charge in [0, 0.05) is 0 Å². The zero-order valence-electron chi connectivity index (χ0n) is 12.8. The molecule has 0 unspecified atom stereocenters. The van der Waals surface area contributed by atoms with E-state index < -0.39 is 46.1 Å². The molecule has 0 bridgehead atoms. The van der Waals surface area contributed by atoms with Gasteiger partial charge in [-0.25, -0.2) is 19.2 Å². The van der Waals surface area contributed by atoms with E-state index in [0.29, 0.717) is 0 Å². The molecule has 0 aliphatic carbocycles. The number of carboxylic acid groups (broad SMARTS) is 4. The molecule has 0 saturated carbocycles. The average molecular weight is 358 g/mol. The number of carboxylic acids is 4. The maximum atomic E-state index is 11.3. The molecule has 10 heteroatoms. The molecule has 10 nitrogen and oxygen atoms in total. The highest BCUT2D eigenvalue weighted by Crippen LogP contribution is 2.28. The van der Waals surface area contributed by atoms with Gasteiger partial charge in [0.2, 0.25) is 0 Å². The van der Waals surface area contributed by atoms with Crippen LogP contribution in [-0.4, -0.2) is 44.3 Å². The van der Waals surface area contributed by atoms with Crippen molar-refractivity contribution in [2.24, 2.45) is 10.2 Å². The van der Waals surface area contributed by atoms with Crippen LogP contribution in [0.25, 0.3) is 0 Å². The molecule has 2 aromatic rings. The third-order valence-electron chi connectivity index (χ3n) is 3.24. The van der Waals surface area contributed by atoms with E-state index in [-0.39, 0.29) is 11.4 Å². The summed E-state index contributed by atoms with van der Waals surface area (Å²) in [7, 11) is 0. The third-order valence-corrected chi connectivity index (χ3v) is 3.24. The van der Waals surface area contributed by atoms with Gasteiger partial charge in [0.25, 0.3) is 0 Å². The molecule has 0 amide bonds. The summed E-state index contributed by atoms with van der Waals surface area (Å²) < 4.78 is 0. The fourth-order valence-electron chi connectivity index (χ4n) is 2.16. The van der Waals surface area contributed by atoms with Gasteiger partial charge in [0.1, 0.15) is 22.5 Å². The van der Waals surface area contributed by atoms with Crippen LogP contribution in [-0.2, 0) is 0 Å². The summed E-state index contributed by atoms with van der Waals surface area (Å²) in [5.41, 5.74) is -2.95. The summed E-state index contributed by atoms with van der Waals surface area (Å²) in [6, 6.07) is 6.99. The van der Waals surface area contributed by atoms with Gasteiger partial charge in [0.05, 0.1) is 11.1 Å². The molecule has 2 rings (SSSR count). The topological polar surface area (TPSA) is 174 Å². The van der Waals surface area contributed by atoms with Crippen molar-refractivity contribution in [1.29, 1.82) is 0 Å². The minimum atomic E-state index is -1.56. The van der Waals surface area contributed by atoms with Crippen molar-refractivity contribution in [2.75, 3.05) is 0 Å². The largest absolute Gasteiger partial charge is 0.478 e. The van der Waals surface area contributed by atoms with E-state index in [4.69, 9.17) is 10.2 Å². The normalized spacial score (nSPS) is 10.6. The fraction of sp³-hybridized carbons (Fsp3) is 0. The van der Waals surface area contributed by atoms with E-state index in [0.717, 1.165) is 12.1 Å². The first-order chi connectivity index (χ1) is 12.2. The standard InChI is InChI=1S/C16H10N2O8/c19-13(20)7-3-1-5-9(11(7)15(23)24)17-18-10-6-2-4-8(14(21)22)12(10)16(25)26/h1-6H,(H,19,20)(H,21,22)(H,23,24)(H,25,26)/b18-17+. The van der Waals surface area contributed by atoms with Crippen molar-refractivity contribution in [3.05, 3.63) is 58.7 Å². The summed E-state index contributed by atoms with van der Waals surface area (Å²) in [5, 5.41) is 43.8. The first-order valence-corrected chi connectivity index (χ1v) is 6.85. The van der Waals surface area contributed by atoms with Gasteiger partial charge in [-0.3, -0.25) is 0 Å². The molecule has 0 spiro atoms. The Balaban J connectivity index is 2.62. The van der Waals surface area contributed by atoms with Gasteiger partial charge < -0.3 is 20.4 Å². The van der Waals surface area contributed by atoms with Gasteiger partial charge in [-0.05, 0) is 24.3 Å². The zero-order valence-corrected chi connectivity index (χ0v) is 12.8. The van der Waals surface area contributed by atoms with Crippen LogP contribution >= 0.6 is 0 Å². The van der Waals surface area contributed by atoms with E-state index >= 15 is 0 Å². The molecule has 26 heavy (non-hydrogen) atoms. The highest BCUT2D eigenvalue weighted by Gasteiger charge is 2.22. The molecule has 0 atom stereocenters. The lowest BCUT2D eigenvalue weighted by Gasteiger charge is -2.06. The predicted octanol–water partition coefficient (Wildman–Crippen LogP) is 2.89. The van der Waals surface area contributed by atoms with Crippen molar-refractivity contribution >= 4 is 35.3 Å². The highest BCUT2D eigenvalue weighted by atomic mass is 16.4. The summed E-state index contributed by atoms with van der Waals surface area (Å²) in [4.78, 5) is 45.0. The van der Waals surface area contributed by atoms with Crippen LogP contribution in [0.4, 0.5) is 11.4 Å². The molecule has 132 valence electrons. The molecule has 4 N–H and O–H groups in total. The molecule has 0 saturated heterocycles. The van der Waals surface area contributed by atoms with E-state index in [1.807, 2.05) is 0 Å². The molecule has 0 radical (unpaired) electrons. The van der Waals surface area contributed by atoms with Crippen LogP contribution in [0.5, 0.6) is 0 Å². The number of aromatic carboxylic acids is 4. The Morgan fingerprint density at radius 3 is 1.19 bits per heavy atom. The number of benzene rings is 2. The molecular formula is C16H10N2O8. The summed E-state index contributed by atoms with van der Waals surface area (Å²) in [6.45, 7) is 0. The smallest absolute Gasteiger partial charge is 0.338 e. The number of nitrogens with zero attached hydrogens (tertiary/aromatic N) is 2. The van der Waals surface area contributed by atoms with Crippen LogP contribution in [0.3, 0.4) is 0 Å². The maximum Gasteiger partial charge on any atom is 0.338 e. The van der Waals surface area contributed by atoms with Crippen molar-refractivity contribution in [3.8, 4) is 0 Å². The van der Waals surface area contributed by atoms with Crippen LogP contribution in [0, 0.1) is 0 Å². The molecular weight excluding hydrogens is 348 g/mol. The Morgan fingerprint density at radius 1 is 0.577 bits per heavy atom. The number of hydrogen-bond donors (Lipinski definition) is 4. The Bertz CT molecular complexity index is 887. The van der Waals surface area contributed by atoms with Crippen molar-refractivity contribution in [3.63, 3.8) is 0 Å². The Kier molecular flexibility index (Phi) is 5.07. The second-order valence-corrected chi connectivity index (χ2v) is 4.82. The van der Waals surface area contributed by atoms with Crippen molar-refractivity contribution in [1.82, 2.24) is 0 Å². The quantitative estimate of drug-likeness (QED) is 0.570. The molecule has 0 aliphatic rings. The second kappa shape index (κ2) is 7.21. The van der Waals surface area contributed by atoms with Crippen LogP contribution in [0.2, 0.25) is 0 Å². The van der Waals surface area contributed by atoms with Gasteiger partial charge >= 0.3 is 23.9 Å². The fourth-order valence-corrected chi connectivity index (χ4v) is 2.16. The minimum absolute atomic E-state index is 0.325. The maximum absolute atomic E-state index is 11.3. The van der Waals surface area contributed by atoms with Gasteiger partial charge in [-0.2, -0.15) is 0 Å². The molecule has 2 aromatic carbocycles. The number of hydrogen-bond acceptors (Lipinski definition) is 6.